The second-order valence-corrected chi connectivity index (χ2v) is 6.79. The highest BCUT2D eigenvalue weighted by Gasteiger charge is 2.39. The predicted molar refractivity (Wildman–Crippen MR) is 78.8 cm³/mol. The zero-order valence-electron chi connectivity index (χ0n) is 12.8. The van der Waals surface area contributed by atoms with Crippen LogP contribution in [0.25, 0.3) is 0 Å². The molecule has 18 heavy (non-hydrogen) atoms. The number of hydrogen-bond acceptors (Lipinski definition) is 2. The van der Waals surface area contributed by atoms with Crippen molar-refractivity contribution >= 4 is 0 Å². The van der Waals surface area contributed by atoms with Gasteiger partial charge in [0, 0.05) is 18.1 Å². The Balaban J connectivity index is 2.09. The van der Waals surface area contributed by atoms with Gasteiger partial charge in [0.2, 0.25) is 0 Å². The van der Waals surface area contributed by atoms with Crippen LogP contribution in [0.2, 0.25) is 0 Å². The Kier molecular flexibility index (Phi) is 5.08. The molecule has 0 aromatic rings. The van der Waals surface area contributed by atoms with Crippen LogP contribution < -0.4 is 5.32 Å². The van der Waals surface area contributed by atoms with Crippen LogP contribution in [-0.2, 0) is 0 Å². The molecule has 5 unspecified atom stereocenters. The normalized spacial score (nSPS) is 43.0. The van der Waals surface area contributed by atoms with E-state index >= 15 is 0 Å². The lowest BCUT2D eigenvalue weighted by atomic mass is 9.75. The number of hydrogen-bond donors (Lipinski definition) is 1. The molecule has 1 heterocycles. The Labute approximate surface area is 114 Å². The van der Waals surface area contributed by atoms with Crippen LogP contribution >= 0.6 is 0 Å². The summed E-state index contributed by atoms with van der Waals surface area (Å²) in [6.45, 7) is 12.0. The minimum absolute atomic E-state index is 0.717. The Morgan fingerprint density at radius 3 is 2.56 bits per heavy atom. The molecule has 2 rings (SSSR count). The number of nitrogens with one attached hydrogen (secondary N) is 1. The van der Waals surface area contributed by atoms with Crippen LogP contribution in [-0.4, -0.2) is 36.1 Å². The molecule has 1 N–H and O–H groups in total. The van der Waals surface area contributed by atoms with Crippen molar-refractivity contribution in [2.24, 2.45) is 11.8 Å². The first-order valence-electron chi connectivity index (χ1n) is 8.12. The van der Waals surface area contributed by atoms with Crippen molar-refractivity contribution < 1.29 is 0 Å². The second kappa shape index (κ2) is 6.38. The molecule has 5 atom stereocenters. The standard InChI is InChI=1S/C16H32N2/c1-5-17-15-11-12(2)10-13(3)16(15)18-9-7-6-8-14(18)4/h12-17H,5-11H2,1-4H3. The van der Waals surface area contributed by atoms with Gasteiger partial charge in [0.1, 0.15) is 0 Å². The summed E-state index contributed by atoms with van der Waals surface area (Å²) in [4.78, 5) is 2.83. The van der Waals surface area contributed by atoms with Crippen molar-refractivity contribution in [3.05, 3.63) is 0 Å². The van der Waals surface area contributed by atoms with Gasteiger partial charge in [-0.2, -0.15) is 0 Å². The molecular formula is C16H32N2. The molecule has 0 radical (unpaired) electrons. The van der Waals surface area contributed by atoms with E-state index in [1.54, 1.807) is 0 Å². The molecule has 0 bridgehead atoms. The van der Waals surface area contributed by atoms with Crippen molar-refractivity contribution in [2.45, 2.75) is 77.9 Å². The van der Waals surface area contributed by atoms with Gasteiger partial charge >= 0.3 is 0 Å². The van der Waals surface area contributed by atoms with E-state index in [2.05, 4.69) is 37.9 Å². The maximum Gasteiger partial charge on any atom is 0.0277 e. The van der Waals surface area contributed by atoms with Crippen molar-refractivity contribution in [2.75, 3.05) is 13.1 Å². The van der Waals surface area contributed by atoms with E-state index in [4.69, 9.17) is 0 Å². The van der Waals surface area contributed by atoms with Crippen LogP contribution in [0.15, 0.2) is 0 Å². The Bertz CT molecular complexity index is 253. The van der Waals surface area contributed by atoms with Crippen LogP contribution in [0, 0.1) is 11.8 Å². The van der Waals surface area contributed by atoms with Gasteiger partial charge in [-0.25, -0.2) is 0 Å². The Hall–Kier alpha value is -0.0800. The summed E-state index contributed by atoms with van der Waals surface area (Å²) in [7, 11) is 0. The largest absolute Gasteiger partial charge is 0.313 e. The van der Waals surface area contributed by atoms with Gasteiger partial charge in [-0.05, 0) is 57.5 Å². The van der Waals surface area contributed by atoms with E-state index in [1.807, 2.05) is 0 Å². The molecule has 1 aliphatic carbocycles. The third-order valence-electron chi connectivity index (χ3n) is 5.13. The summed E-state index contributed by atoms with van der Waals surface area (Å²) in [5, 5.41) is 3.77. The molecule has 0 amide bonds. The molecular weight excluding hydrogens is 220 g/mol. The Morgan fingerprint density at radius 2 is 1.89 bits per heavy atom. The highest BCUT2D eigenvalue weighted by molar-refractivity contribution is 4.96. The molecule has 0 aromatic carbocycles. The van der Waals surface area contributed by atoms with E-state index in [0.29, 0.717) is 6.04 Å². The van der Waals surface area contributed by atoms with Gasteiger partial charge in [-0.15, -0.1) is 0 Å². The van der Waals surface area contributed by atoms with Crippen molar-refractivity contribution in [3.8, 4) is 0 Å². The molecule has 2 nitrogen and oxygen atoms in total. The topological polar surface area (TPSA) is 15.3 Å². The van der Waals surface area contributed by atoms with E-state index in [1.165, 1.54) is 38.6 Å². The van der Waals surface area contributed by atoms with Gasteiger partial charge in [-0.3, -0.25) is 4.90 Å². The highest BCUT2D eigenvalue weighted by atomic mass is 15.2. The lowest BCUT2D eigenvalue weighted by molar-refractivity contribution is 0.0176. The SMILES string of the molecule is CCNC1CC(C)CC(C)C1N1CCCCC1C. The molecule has 2 heteroatoms. The summed E-state index contributed by atoms with van der Waals surface area (Å²) in [6.07, 6.45) is 7.02. The zero-order valence-corrected chi connectivity index (χ0v) is 12.8. The summed E-state index contributed by atoms with van der Waals surface area (Å²) < 4.78 is 0. The van der Waals surface area contributed by atoms with E-state index in [-0.39, 0.29) is 0 Å². The second-order valence-electron chi connectivity index (χ2n) is 6.79. The fourth-order valence-electron chi connectivity index (χ4n) is 4.43. The number of nitrogens with zero attached hydrogens (tertiary/aromatic N) is 1. The zero-order chi connectivity index (χ0) is 13.1. The maximum atomic E-state index is 3.77. The number of piperidine rings is 1. The quantitative estimate of drug-likeness (QED) is 0.829. The first-order chi connectivity index (χ1) is 8.63. The van der Waals surface area contributed by atoms with Gasteiger partial charge in [0.05, 0.1) is 0 Å². The third kappa shape index (κ3) is 3.08. The molecule has 1 saturated carbocycles. The molecule has 1 saturated heterocycles. The molecule has 2 fully saturated rings. The minimum Gasteiger partial charge on any atom is -0.313 e. The smallest absolute Gasteiger partial charge is 0.0277 e. The van der Waals surface area contributed by atoms with Crippen molar-refractivity contribution in [1.82, 2.24) is 10.2 Å². The number of likely N-dealkylation sites (N-methyl/N-ethyl adjacent to an activating group) is 1. The fraction of sp³-hybridized carbons (Fsp3) is 1.00. The van der Waals surface area contributed by atoms with Crippen LogP contribution in [0.3, 0.4) is 0 Å². The summed E-state index contributed by atoms with van der Waals surface area (Å²) in [6, 6.07) is 2.28. The molecule has 2 aliphatic rings. The van der Waals surface area contributed by atoms with Gasteiger partial charge in [0.15, 0.2) is 0 Å². The van der Waals surface area contributed by atoms with Crippen LogP contribution in [0.1, 0.15) is 59.8 Å². The van der Waals surface area contributed by atoms with Gasteiger partial charge < -0.3 is 5.32 Å². The first-order valence-corrected chi connectivity index (χ1v) is 8.12. The van der Waals surface area contributed by atoms with Crippen LogP contribution in [0.4, 0.5) is 0 Å². The molecule has 106 valence electrons. The lowest BCUT2D eigenvalue weighted by Crippen LogP contribution is -2.59. The van der Waals surface area contributed by atoms with E-state index < -0.39 is 0 Å². The molecule has 0 spiro atoms. The van der Waals surface area contributed by atoms with Gasteiger partial charge in [0.25, 0.3) is 0 Å². The van der Waals surface area contributed by atoms with Crippen molar-refractivity contribution in [3.63, 3.8) is 0 Å². The van der Waals surface area contributed by atoms with E-state index in [0.717, 1.165) is 30.5 Å². The van der Waals surface area contributed by atoms with Gasteiger partial charge in [-0.1, -0.05) is 27.2 Å². The van der Waals surface area contributed by atoms with Crippen molar-refractivity contribution in [1.29, 1.82) is 0 Å². The Morgan fingerprint density at radius 1 is 1.11 bits per heavy atom. The maximum absolute atomic E-state index is 3.77. The lowest BCUT2D eigenvalue weighted by Gasteiger charge is -2.49. The number of likely N-dealkylation sites (tertiary alicyclic amines) is 1. The summed E-state index contributed by atoms with van der Waals surface area (Å²) >= 11 is 0. The van der Waals surface area contributed by atoms with E-state index in [9.17, 15) is 0 Å². The summed E-state index contributed by atoms with van der Waals surface area (Å²) in [5.74, 6) is 1.73. The molecule has 1 aliphatic heterocycles. The first kappa shape index (κ1) is 14.3. The minimum atomic E-state index is 0.717. The molecule has 0 aromatic heterocycles. The average Bonchev–Trinajstić information content (AvgIpc) is 2.31. The fourth-order valence-corrected chi connectivity index (χ4v) is 4.43. The number of rotatable bonds is 3. The average molecular weight is 252 g/mol. The summed E-state index contributed by atoms with van der Waals surface area (Å²) in [5.41, 5.74) is 0. The predicted octanol–water partition coefficient (Wildman–Crippen LogP) is 3.27. The highest BCUT2D eigenvalue weighted by Crippen LogP contribution is 2.35. The third-order valence-corrected chi connectivity index (χ3v) is 5.13. The monoisotopic (exact) mass is 252 g/mol. The van der Waals surface area contributed by atoms with Crippen LogP contribution in [0.5, 0.6) is 0 Å².